The van der Waals surface area contributed by atoms with Crippen LogP contribution in [0.3, 0.4) is 0 Å². The maximum absolute atomic E-state index is 12.8. The zero-order valence-corrected chi connectivity index (χ0v) is 16.4. The summed E-state index contributed by atoms with van der Waals surface area (Å²) in [4.78, 5) is 47.3. The number of esters is 1. The molecule has 2 aromatic rings. The van der Waals surface area contributed by atoms with Gasteiger partial charge in [-0.15, -0.1) is 0 Å². The molecule has 9 nitrogen and oxygen atoms in total. The van der Waals surface area contributed by atoms with Crippen molar-refractivity contribution >= 4 is 29.8 Å². The summed E-state index contributed by atoms with van der Waals surface area (Å²) >= 11 is 0. The summed E-state index contributed by atoms with van der Waals surface area (Å²) in [6.07, 6.45) is 0.798. The van der Waals surface area contributed by atoms with Crippen LogP contribution in [0.5, 0.6) is 0 Å². The molecule has 3 rings (SSSR count). The molecule has 1 N–H and O–H groups in total. The molecule has 0 atom stereocenters. The summed E-state index contributed by atoms with van der Waals surface area (Å²) in [5.74, 6) is 0.380. The van der Waals surface area contributed by atoms with Crippen molar-refractivity contribution in [2.75, 3.05) is 38.1 Å². The van der Waals surface area contributed by atoms with Gasteiger partial charge in [-0.3, -0.25) is 9.59 Å². The van der Waals surface area contributed by atoms with Crippen LogP contribution in [-0.4, -0.2) is 70.8 Å². The Hall–Kier alpha value is -3.49. The lowest BCUT2D eigenvalue weighted by Gasteiger charge is -2.32. The fourth-order valence-electron chi connectivity index (χ4n) is 2.99. The van der Waals surface area contributed by atoms with E-state index in [0.29, 0.717) is 61.4 Å². The molecular weight excluding hydrogens is 374 g/mol. The number of aromatic nitrogens is 2. The lowest BCUT2D eigenvalue weighted by Crippen LogP contribution is -2.48. The number of nitrogens with one attached hydrogen (secondary N) is 1. The van der Waals surface area contributed by atoms with E-state index >= 15 is 0 Å². The number of rotatable bonds is 6. The summed E-state index contributed by atoms with van der Waals surface area (Å²) in [5, 5.41) is 3.13. The minimum absolute atomic E-state index is 0.193. The van der Waals surface area contributed by atoms with Crippen molar-refractivity contribution in [3.05, 3.63) is 47.4 Å². The zero-order chi connectivity index (χ0) is 20.8. The van der Waals surface area contributed by atoms with Gasteiger partial charge in [-0.05, 0) is 38.1 Å². The van der Waals surface area contributed by atoms with Crippen LogP contribution in [0.4, 0.5) is 11.5 Å². The molecule has 9 heteroatoms. The number of hydrogen-bond acceptors (Lipinski definition) is 7. The number of aryl methyl sites for hydroxylation is 1. The van der Waals surface area contributed by atoms with E-state index in [9.17, 15) is 14.4 Å². The molecule has 2 heterocycles. The van der Waals surface area contributed by atoms with E-state index < -0.39 is 0 Å². The number of carbonyl (C=O) groups is 3. The summed E-state index contributed by atoms with van der Waals surface area (Å²) in [5.41, 5.74) is 1.47. The second kappa shape index (κ2) is 9.13. The molecule has 0 radical (unpaired) electrons. The fraction of sp³-hybridized carbons (Fsp3) is 0.350. The summed E-state index contributed by atoms with van der Waals surface area (Å²) in [6, 6.07) is 8.40. The van der Waals surface area contributed by atoms with Crippen molar-refractivity contribution in [1.29, 1.82) is 0 Å². The number of piperazine rings is 1. The maximum Gasteiger partial charge on any atom is 0.338 e. The highest BCUT2D eigenvalue weighted by atomic mass is 16.5. The number of hydrogen-bond donors (Lipinski definition) is 1. The van der Waals surface area contributed by atoms with Crippen molar-refractivity contribution in [1.82, 2.24) is 19.8 Å². The van der Waals surface area contributed by atoms with Crippen LogP contribution in [0.25, 0.3) is 0 Å². The van der Waals surface area contributed by atoms with Gasteiger partial charge in [0.1, 0.15) is 17.3 Å². The Labute approximate surface area is 168 Å². The molecular formula is C20H23N5O4. The van der Waals surface area contributed by atoms with E-state index in [4.69, 9.17) is 4.74 Å². The lowest BCUT2D eigenvalue weighted by atomic mass is 10.2. The first-order valence-corrected chi connectivity index (χ1v) is 9.38. The Bertz CT molecular complexity index is 892. The molecule has 1 aliphatic heterocycles. The highest BCUT2D eigenvalue weighted by Crippen LogP contribution is 2.18. The minimum atomic E-state index is -0.375. The van der Waals surface area contributed by atoms with E-state index in [1.807, 2.05) is 0 Å². The van der Waals surface area contributed by atoms with Crippen LogP contribution >= 0.6 is 0 Å². The Morgan fingerprint density at radius 1 is 1.14 bits per heavy atom. The number of amides is 2. The van der Waals surface area contributed by atoms with Crippen LogP contribution in [0.2, 0.25) is 0 Å². The van der Waals surface area contributed by atoms with Crippen molar-refractivity contribution in [3.63, 3.8) is 0 Å². The Kier molecular flexibility index (Phi) is 6.38. The van der Waals surface area contributed by atoms with Gasteiger partial charge in [0.15, 0.2) is 0 Å². The van der Waals surface area contributed by atoms with Gasteiger partial charge in [0.05, 0.1) is 12.2 Å². The summed E-state index contributed by atoms with van der Waals surface area (Å²) in [7, 11) is 0. The smallest absolute Gasteiger partial charge is 0.338 e. The van der Waals surface area contributed by atoms with Crippen LogP contribution in [-0.2, 0) is 9.53 Å². The minimum Gasteiger partial charge on any atom is -0.462 e. The first kappa shape index (κ1) is 20.2. The van der Waals surface area contributed by atoms with E-state index in [0.717, 1.165) is 6.41 Å². The van der Waals surface area contributed by atoms with E-state index in [-0.39, 0.29) is 11.9 Å². The van der Waals surface area contributed by atoms with Gasteiger partial charge in [0.2, 0.25) is 6.41 Å². The van der Waals surface area contributed by atoms with Crippen molar-refractivity contribution in [2.45, 2.75) is 13.8 Å². The van der Waals surface area contributed by atoms with E-state index in [1.165, 1.54) is 0 Å². The predicted molar refractivity (Wildman–Crippen MR) is 106 cm³/mol. The molecule has 2 amide bonds. The van der Waals surface area contributed by atoms with Gasteiger partial charge in [0, 0.05) is 37.9 Å². The van der Waals surface area contributed by atoms with Gasteiger partial charge in [-0.25, -0.2) is 14.8 Å². The van der Waals surface area contributed by atoms with Crippen molar-refractivity contribution in [2.24, 2.45) is 0 Å². The van der Waals surface area contributed by atoms with Gasteiger partial charge in [-0.1, -0.05) is 0 Å². The fourth-order valence-corrected chi connectivity index (χ4v) is 2.99. The third-order valence-corrected chi connectivity index (χ3v) is 4.48. The molecule has 1 fully saturated rings. The van der Waals surface area contributed by atoms with Crippen molar-refractivity contribution < 1.29 is 19.1 Å². The molecule has 0 unspecified atom stereocenters. The number of carbonyl (C=O) groups excluding carboxylic acids is 3. The monoisotopic (exact) mass is 397 g/mol. The molecule has 0 saturated carbocycles. The van der Waals surface area contributed by atoms with Gasteiger partial charge in [-0.2, -0.15) is 0 Å². The van der Waals surface area contributed by atoms with Crippen LogP contribution in [0.15, 0.2) is 30.3 Å². The topological polar surface area (TPSA) is 105 Å². The van der Waals surface area contributed by atoms with E-state index in [2.05, 4.69) is 15.3 Å². The third kappa shape index (κ3) is 5.07. The normalized spacial score (nSPS) is 13.7. The SMILES string of the molecule is CCOC(=O)c1ccc(Nc2cc(C(=O)N3CCN(C=O)CC3)nc(C)n2)cc1. The number of benzene rings is 1. The molecule has 0 spiro atoms. The molecule has 0 bridgehead atoms. The second-order valence-corrected chi connectivity index (χ2v) is 6.54. The molecule has 1 aromatic carbocycles. The molecule has 1 saturated heterocycles. The lowest BCUT2D eigenvalue weighted by molar-refractivity contribution is -0.119. The molecule has 29 heavy (non-hydrogen) atoms. The molecule has 1 aromatic heterocycles. The average molecular weight is 397 g/mol. The van der Waals surface area contributed by atoms with E-state index in [1.54, 1.807) is 54.0 Å². The van der Waals surface area contributed by atoms with Gasteiger partial charge >= 0.3 is 5.97 Å². The highest BCUT2D eigenvalue weighted by molar-refractivity contribution is 5.93. The summed E-state index contributed by atoms with van der Waals surface area (Å²) in [6.45, 7) is 5.76. The van der Waals surface area contributed by atoms with Crippen LogP contribution in [0.1, 0.15) is 33.6 Å². The largest absolute Gasteiger partial charge is 0.462 e. The molecule has 1 aliphatic rings. The maximum atomic E-state index is 12.8. The molecule has 0 aliphatic carbocycles. The first-order chi connectivity index (χ1) is 14.0. The predicted octanol–water partition coefficient (Wildman–Crippen LogP) is 1.62. The quantitative estimate of drug-likeness (QED) is 0.583. The van der Waals surface area contributed by atoms with Crippen LogP contribution < -0.4 is 5.32 Å². The molecule has 152 valence electrons. The summed E-state index contributed by atoms with van der Waals surface area (Å²) < 4.78 is 4.97. The number of anilines is 2. The van der Waals surface area contributed by atoms with Crippen LogP contribution in [0, 0.1) is 6.92 Å². The Morgan fingerprint density at radius 2 is 1.83 bits per heavy atom. The van der Waals surface area contributed by atoms with Gasteiger partial charge in [0.25, 0.3) is 5.91 Å². The second-order valence-electron chi connectivity index (χ2n) is 6.54. The average Bonchev–Trinajstić information content (AvgIpc) is 2.73. The van der Waals surface area contributed by atoms with Gasteiger partial charge < -0.3 is 19.9 Å². The number of ether oxygens (including phenoxy) is 1. The third-order valence-electron chi connectivity index (χ3n) is 4.48. The van der Waals surface area contributed by atoms with Crippen molar-refractivity contribution in [3.8, 4) is 0 Å². The Morgan fingerprint density at radius 3 is 2.45 bits per heavy atom. The standard InChI is InChI=1S/C20H23N5O4/c1-3-29-20(28)15-4-6-16(7-5-15)23-18-12-17(21-14(2)22-18)19(27)25-10-8-24(13-26)9-11-25/h4-7,12-13H,3,8-11H2,1-2H3,(H,21,22,23). The number of nitrogens with zero attached hydrogens (tertiary/aromatic N) is 4. The Balaban J connectivity index is 1.71. The highest BCUT2D eigenvalue weighted by Gasteiger charge is 2.23. The zero-order valence-electron chi connectivity index (χ0n) is 16.4. The first-order valence-electron chi connectivity index (χ1n) is 9.38.